The van der Waals surface area contributed by atoms with Crippen molar-refractivity contribution >= 4 is 28.8 Å². The molecule has 1 heterocycles. The molecular formula is C6H6ClNOS. The van der Waals surface area contributed by atoms with Crippen molar-refractivity contribution in [2.24, 2.45) is 5.73 Å². The van der Waals surface area contributed by atoms with Crippen molar-refractivity contribution < 1.29 is 4.42 Å². The maximum Gasteiger partial charge on any atom is 0.193 e. The van der Waals surface area contributed by atoms with Crippen LogP contribution in [0, 0.1) is 0 Å². The SMILES string of the molecule is NC(=S)Cc1ccc(Cl)o1. The van der Waals surface area contributed by atoms with Gasteiger partial charge in [0.15, 0.2) is 5.22 Å². The van der Waals surface area contributed by atoms with Gasteiger partial charge in [0.1, 0.15) is 5.76 Å². The molecule has 0 saturated heterocycles. The minimum absolute atomic E-state index is 0.367. The number of thiocarbonyl (C=S) groups is 1. The van der Waals surface area contributed by atoms with E-state index in [1.54, 1.807) is 12.1 Å². The van der Waals surface area contributed by atoms with Crippen molar-refractivity contribution in [3.05, 3.63) is 23.1 Å². The Morgan fingerprint density at radius 3 is 2.80 bits per heavy atom. The van der Waals surface area contributed by atoms with Crippen LogP contribution in [0.25, 0.3) is 0 Å². The molecule has 1 rings (SSSR count). The Morgan fingerprint density at radius 1 is 1.70 bits per heavy atom. The van der Waals surface area contributed by atoms with Gasteiger partial charge >= 0.3 is 0 Å². The van der Waals surface area contributed by atoms with Crippen LogP contribution in [-0.4, -0.2) is 4.99 Å². The van der Waals surface area contributed by atoms with Crippen molar-refractivity contribution in [1.29, 1.82) is 0 Å². The van der Waals surface area contributed by atoms with Crippen molar-refractivity contribution in [2.75, 3.05) is 0 Å². The minimum atomic E-state index is 0.367. The molecule has 0 aromatic carbocycles. The number of rotatable bonds is 2. The van der Waals surface area contributed by atoms with Crippen molar-refractivity contribution in [2.45, 2.75) is 6.42 Å². The molecule has 0 unspecified atom stereocenters. The van der Waals surface area contributed by atoms with E-state index in [4.69, 9.17) is 21.8 Å². The molecule has 0 aliphatic carbocycles. The van der Waals surface area contributed by atoms with E-state index >= 15 is 0 Å². The average molecular weight is 176 g/mol. The fourth-order valence-electron chi connectivity index (χ4n) is 0.618. The van der Waals surface area contributed by atoms with Crippen LogP contribution < -0.4 is 5.73 Å². The number of halogens is 1. The fourth-order valence-corrected chi connectivity index (χ4v) is 0.923. The quantitative estimate of drug-likeness (QED) is 0.697. The van der Waals surface area contributed by atoms with E-state index < -0.39 is 0 Å². The molecular weight excluding hydrogens is 170 g/mol. The number of hydrogen-bond acceptors (Lipinski definition) is 2. The molecule has 0 saturated carbocycles. The molecule has 10 heavy (non-hydrogen) atoms. The lowest BCUT2D eigenvalue weighted by Gasteiger charge is -1.90. The lowest BCUT2D eigenvalue weighted by atomic mass is 10.3. The summed E-state index contributed by atoms with van der Waals surface area (Å²) in [6.45, 7) is 0. The lowest BCUT2D eigenvalue weighted by Crippen LogP contribution is -2.10. The highest BCUT2D eigenvalue weighted by molar-refractivity contribution is 7.80. The summed E-state index contributed by atoms with van der Waals surface area (Å²) in [6.07, 6.45) is 0.474. The Balaban J connectivity index is 2.67. The van der Waals surface area contributed by atoms with Gasteiger partial charge in [-0.05, 0) is 23.7 Å². The van der Waals surface area contributed by atoms with Crippen molar-refractivity contribution in [3.8, 4) is 0 Å². The van der Waals surface area contributed by atoms with Crippen LogP contribution in [0.15, 0.2) is 16.5 Å². The highest BCUT2D eigenvalue weighted by Crippen LogP contribution is 2.13. The van der Waals surface area contributed by atoms with Gasteiger partial charge in [-0.3, -0.25) is 0 Å². The predicted octanol–water partition coefficient (Wildman–Crippen LogP) is 1.76. The highest BCUT2D eigenvalue weighted by atomic mass is 35.5. The lowest BCUT2D eigenvalue weighted by molar-refractivity contribution is 0.529. The Bertz CT molecular complexity index is 246. The summed E-state index contributed by atoms with van der Waals surface area (Å²) in [7, 11) is 0. The summed E-state index contributed by atoms with van der Waals surface area (Å²) in [4.78, 5) is 0.408. The standard InChI is InChI=1S/C6H6ClNOS/c7-5-2-1-4(9-5)3-6(8)10/h1-2H,3H2,(H2,8,10). The third kappa shape index (κ3) is 2.01. The molecule has 0 fully saturated rings. The third-order valence-corrected chi connectivity index (χ3v) is 1.32. The molecule has 1 aromatic rings. The molecule has 1 aromatic heterocycles. The Labute approximate surface area is 69.0 Å². The number of furan rings is 1. The monoisotopic (exact) mass is 175 g/mol. The predicted molar refractivity (Wildman–Crippen MR) is 44.2 cm³/mol. The molecule has 54 valence electrons. The summed E-state index contributed by atoms with van der Waals surface area (Å²) in [5.74, 6) is 0.706. The molecule has 2 N–H and O–H groups in total. The van der Waals surface area contributed by atoms with E-state index in [0.717, 1.165) is 0 Å². The zero-order valence-corrected chi connectivity index (χ0v) is 6.71. The summed E-state index contributed by atoms with van der Waals surface area (Å²) in [5, 5.41) is 0.367. The molecule has 0 atom stereocenters. The second-order valence-electron chi connectivity index (χ2n) is 1.85. The highest BCUT2D eigenvalue weighted by Gasteiger charge is 1.99. The van der Waals surface area contributed by atoms with E-state index in [-0.39, 0.29) is 0 Å². The van der Waals surface area contributed by atoms with Crippen LogP contribution in [0.5, 0.6) is 0 Å². The molecule has 0 bridgehead atoms. The zero-order valence-electron chi connectivity index (χ0n) is 5.13. The van der Waals surface area contributed by atoms with Gasteiger partial charge in [0.05, 0.1) is 11.4 Å². The van der Waals surface area contributed by atoms with Crippen molar-refractivity contribution in [1.82, 2.24) is 0 Å². The van der Waals surface area contributed by atoms with E-state index in [9.17, 15) is 0 Å². The van der Waals surface area contributed by atoms with Gasteiger partial charge in [0.25, 0.3) is 0 Å². The van der Waals surface area contributed by atoms with E-state index in [2.05, 4.69) is 12.2 Å². The fraction of sp³-hybridized carbons (Fsp3) is 0.167. The molecule has 0 radical (unpaired) electrons. The largest absolute Gasteiger partial charge is 0.449 e. The molecule has 4 heteroatoms. The second kappa shape index (κ2) is 3.03. The maximum absolute atomic E-state index is 5.49. The zero-order chi connectivity index (χ0) is 7.56. The average Bonchev–Trinajstić information content (AvgIpc) is 2.13. The normalized spacial score (nSPS) is 9.70. The van der Waals surface area contributed by atoms with Gasteiger partial charge in [-0.1, -0.05) is 12.2 Å². The first kappa shape index (κ1) is 7.57. The van der Waals surface area contributed by atoms with Crippen molar-refractivity contribution in [3.63, 3.8) is 0 Å². The maximum atomic E-state index is 5.49. The first-order valence-corrected chi connectivity index (χ1v) is 3.49. The number of hydrogen-bond donors (Lipinski definition) is 1. The topological polar surface area (TPSA) is 39.2 Å². The van der Waals surface area contributed by atoms with Crippen LogP contribution >= 0.6 is 23.8 Å². The van der Waals surface area contributed by atoms with E-state index in [1.807, 2.05) is 0 Å². The van der Waals surface area contributed by atoms with Crippen LogP contribution in [0.3, 0.4) is 0 Å². The third-order valence-electron chi connectivity index (χ3n) is 0.977. The number of nitrogens with two attached hydrogens (primary N) is 1. The summed E-state index contributed by atoms with van der Waals surface area (Å²) in [6, 6.07) is 3.41. The summed E-state index contributed by atoms with van der Waals surface area (Å²) in [5.41, 5.74) is 5.26. The van der Waals surface area contributed by atoms with Crippen LogP contribution in [0.2, 0.25) is 5.22 Å². The van der Waals surface area contributed by atoms with Gasteiger partial charge < -0.3 is 10.2 Å². The molecule has 0 aliphatic heterocycles. The van der Waals surface area contributed by atoms with Gasteiger partial charge in [0.2, 0.25) is 0 Å². The first-order chi connectivity index (χ1) is 4.68. The molecule has 0 amide bonds. The van der Waals surface area contributed by atoms with Crippen LogP contribution in [0.4, 0.5) is 0 Å². The van der Waals surface area contributed by atoms with E-state index in [1.165, 1.54) is 0 Å². The van der Waals surface area contributed by atoms with Gasteiger partial charge in [0, 0.05) is 0 Å². The molecule has 0 aliphatic rings. The minimum Gasteiger partial charge on any atom is -0.449 e. The van der Waals surface area contributed by atoms with Crippen LogP contribution in [0.1, 0.15) is 5.76 Å². The van der Waals surface area contributed by atoms with E-state index in [0.29, 0.717) is 22.4 Å². The first-order valence-electron chi connectivity index (χ1n) is 2.71. The van der Waals surface area contributed by atoms with Gasteiger partial charge in [-0.25, -0.2) is 0 Å². The Morgan fingerprint density at radius 2 is 2.40 bits per heavy atom. The van der Waals surface area contributed by atoms with Crippen LogP contribution in [-0.2, 0) is 6.42 Å². The second-order valence-corrected chi connectivity index (χ2v) is 2.75. The van der Waals surface area contributed by atoms with Gasteiger partial charge in [-0.2, -0.15) is 0 Å². The smallest absolute Gasteiger partial charge is 0.193 e. The molecule has 0 spiro atoms. The Hall–Kier alpha value is -0.540. The Kier molecular flexibility index (Phi) is 2.29. The summed E-state index contributed by atoms with van der Waals surface area (Å²) < 4.78 is 4.99. The summed E-state index contributed by atoms with van der Waals surface area (Å²) >= 11 is 10.2. The van der Waals surface area contributed by atoms with Gasteiger partial charge in [-0.15, -0.1) is 0 Å². The molecule has 2 nitrogen and oxygen atoms in total.